The summed E-state index contributed by atoms with van der Waals surface area (Å²) >= 11 is 6.02. The molecule has 6 nitrogen and oxygen atoms in total. The normalized spacial score (nSPS) is 22.8. The summed E-state index contributed by atoms with van der Waals surface area (Å²) in [7, 11) is 0. The van der Waals surface area contributed by atoms with E-state index in [0.29, 0.717) is 43.9 Å². The number of fused-ring (bicyclic) bond motifs is 1. The number of amides is 3. The van der Waals surface area contributed by atoms with Crippen LogP contribution in [0.3, 0.4) is 0 Å². The second-order valence-electron chi connectivity index (χ2n) is 10.9. The fraction of sp³-hybridized carbons (Fsp3) is 0.483. The molecule has 2 heterocycles. The number of hydrogen-bond acceptors (Lipinski definition) is 3. The van der Waals surface area contributed by atoms with Crippen molar-refractivity contribution in [3.05, 3.63) is 70.2 Å². The third-order valence-electron chi connectivity index (χ3n) is 7.97. The highest BCUT2D eigenvalue weighted by Crippen LogP contribution is 2.49. The lowest BCUT2D eigenvalue weighted by Crippen LogP contribution is -2.53. The summed E-state index contributed by atoms with van der Waals surface area (Å²) in [6, 6.07) is 16.0. The van der Waals surface area contributed by atoms with Crippen LogP contribution in [0.1, 0.15) is 55.7 Å². The number of likely N-dealkylation sites (tertiary alicyclic amines) is 1. The zero-order valence-electron chi connectivity index (χ0n) is 21.0. The van der Waals surface area contributed by atoms with Gasteiger partial charge in [-0.3, -0.25) is 14.4 Å². The Kier molecular flexibility index (Phi) is 6.82. The molecule has 0 bridgehead atoms. The first-order valence-corrected chi connectivity index (χ1v) is 13.3. The molecule has 1 aliphatic carbocycles. The smallest absolute Gasteiger partial charge is 0.239 e. The molecule has 3 amide bonds. The highest BCUT2D eigenvalue weighted by atomic mass is 35.5. The van der Waals surface area contributed by atoms with E-state index < -0.39 is 5.41 Å². The molecule has 2 fully saturated rings. The summed E-state index contributed by atoms with van der Waals surface area (Å²) in [5, 5.41) is 3.62. The SMILES string of the molecule is CC(C)NC(=O)CN1Cc2ccccc2CC2(CCN(C(=O)C3CC3c3ccc(Cl)cc3)CC2)C1=O. The Labute approximate surface area is 218 Å². The molecule has 36 heavy (non-hydrogen) atoms. The van der Waals surface area contributed by atoms with E-state index in [1.807, 2.05) is 55.1 Å². The Morgan fingerprint density at radius 3 is 2.39 bits per heavy atom. The predicted molar refractivity (Wildman–Crippen MR) is 139 cm³/mol. The number of hydrogen-bond donors (Lipinski definition) is 1. The molecule has 0 aromatic heterocycles. The number of nitrogens with one attached hydrogen (secondary N) is 1. The molecule has 1 N–H and O–H groups in total. The van der Waals surface area contributed by atoms with Gasteiger partial charge in [-0.15, -0.1) is 0 Å². The molecule has 3 aliphatic rings. The highest BCUT2D eigenvalue weighted by molar-refractivity contribution is 6.30. The second-order valence-corrected chi connectivity index (χ2v) is 11.4. The number of benzene rings is 2. The predicted octanol–water partition coefficient (Wildman–Crippen LogP) is 4.16. The van der Waals surface area contributed by atoms with E-state index in [2.05, 4.69) is 17.4 Å². The van der Waals surface area contributed by atoms with Crippen LogP contribution in [-0.4, -0.2) is 53.2 Å². The minimum Gasteiger partial charge on any atom is -0.352 e. The van der Waals surface area contributed by atoms with E-state index in [0.717, 1.165) is 17.5 Å². The van der Waals surface area contributed by atoms with Gasteiger partial charge >= 0.3 is 0 Å². The maximum Gasteiger partial charge on any atom is 0.239 e. The third-order valence-corrected chi connectivity index (χ3v) is 8.22. The molecule has 2 unspecified atom stereocenters. The summed E-state index contributed by atoms with van der Waals surface area (Å²) in [5.41, 5.74) is 2.85. The van der Waals surface area contributed by atoms with Crippen LogP contribution in [0.4, 0.5) is 0 Å². The van der Waals surface area contributed by atoms with Crippen LogP contribution in [0.2, 0.25) is 5.02 Å². The Morgan fingerprint density at radius 1 is 1.06 bits per heavy atom. The Morgan fingerprint density at radius 2 is 1.72 bits per heavy atom. The van der Waals surface area contributed by atoms with Gasteiger partial charge in [-0.2, -0.15) is 0 Å². The van der Waals surface area contributed by atoms with Gasteiger partial charge in [0.2, 0.25) is 17.7 Å². The molecule has 5 rings (SSSR count). The van der Waals surface area contributed by atoms with Crippen molar-refractivity contribution in [1.82, 2.24) is 15.1 Å². The molecular weight excluding hydrogens is 474 g/mol. The zero-order valence-corrected chi connectivity index (χ0v) is 21.8. The number of nitrogens with zero attached hydrogens (tertiary/aromatic N) is 2. The van der Waals surface area contributed by atoms with Crippen LogP contribution in [0.5, 0.6) is 0 Å². The van der Waals surface area contributed by atoms with Crippen LogP contribution in [0.15, 0.2) is 48.5 Å². The monoisotopic (exact) mass is 507 g/mol. The van der Waals surface area contributed by atoms with Gasteiger partial charge < -0.3 is 15.1 Å². The molecule has 7 heteroatoms. The van der Waals surface area contributed by atoms with Crippen molar-refractivity contribution in [2.45, 2.75) is 58.0 Å². The van der Waals surface area contributed by atoms with Gasteiger partial charge in [0.1, 0.15) is 0 Å². The first-order chi connectivity index (χ1) is 17.3. The van der Waals surface area contributed by atoms with E-state index in [1.54, 1.807) is 4.90 Å². The first kappa shape index (κ1) is 24.8. The highest BCUT2D eigenvalue weighted by Gasteiger charge is 2.50. The molecule has 0 radical (unpaired) electrons. The summed E-state index contributed by atoms with van der Waals surface area (Å²) in [4.78, 5) is 43.5. The number of halogens is 1. The first-order valence-electron chi connectivity index (χ1n) is 13.0. The Bertz CT molecular complexity index is 1150. The molecular formula is C29H34ClN3O3. The number of piperidine rings is 1. The molecule has 1 spiro atoms. The van der Waals surface area contributed by atoms with E-state index >= 15 is 0 Å². The van der Waals surface area contributed by atoms with Crippen LogP contribution in [-0.2, 0) is 27.3 Å². The largest absolute Gasteiger partial charge is 0.352 e. The fourth-order valence-electron chi connectivity index (χ4n) is 5.93. The lowest BCUT2D eigenvalue weighted by molar-refractivity contribution is -0.150. The van der Waals surface area contributed by atoms with Crippen LogP contribution >= 0.6 is 11.6 Å². The standard InChI is InChI=1S/C29H34ClN3O3/c1-19(2)31-26(34)18-33-17-22-6-4-3-5-21(22)16-29(28(33)36)11-13-32(14-12-29)27(35)25-15-24(25)20-7-9-23(30)10-8-20/h3-10,19,24-25H,11-18H2,1-2H3,(H,31,34). The Balaban J connectivity index is 1.29. The van der Waals surface area contributed by atoms with E-state index in [4.69, 9.17) is 11.6 Å². The minimum atomic E-state index is -0.583. The average molecular weight is 508 g/mol. The molecule has 2 aromatic carbocycles. The van der Waals surface area contributed by atoms with Crippen LogP contribution < -0.4 is 5.32 Å². The van der Waals surface area contributed by atoms with Crippen molar-refractivity contribution >= 4 is 29.3 Å². The molecule has 1 saturated heterocycles. The molecule has 2 aromatic rings. The zero-order chi connectivity index (χ0) is 25.4. The fourth-order valence-corrected chi connectivity index (χ4v) is 6.06. The molecule has 1 saturated carbocycles. The van der Waals surface area contributed by atoms with Crippen molar-refractivity contribution in [1.29, 1.82) is 0 Å². The average Bonchev–Trinajstić information content (AvgIpc) is 3.66. The van der Waals surface area contributed by atoms with E-state index in [1.165, 1.54) is 5.56 Å². The molecule has 2 aliphatic heterocycles. The van der Waals surface area contributed by atoms with Crippen LogP contribution in [0.25, 0.3) is 0 Å². The maximum atomic E-state index is 13.9. The quantitative estimate of drug-likeness (QED) is 0.660. The molecule has 2 atom stereocenters. The van der Waals surface area contributed by atoms with Gasteiger partial charge in [-0.1, -0.05) is 48.0 Å². The number of carbonyl (C=O) groups is 3. The Hall–Kier alpha value is -2.86. The van der Waals surface area contributed by atoms with E-state index in [-0.39, 0.29) is 42.1 Å². The van der Waals surface area contributed by atoms with Gasteiger partial charge in [0, 0.05) is 36.6 Å². The van der Waals surface area contributed by atoms with Gasteiger partial charge in [-0.25, -0.2) is 0 Å². The summed E-state index contributed by atoms with van der Waals surface area (Å²) < 4.78 is 0. The van der Waals surface area contributed by atoms with Crippen LogP contribution in [0, 0.1) is 11.3 Å². The summed E-state index contributed by atoms with van der Waals surface area (Å²) in [6.07, 6.45) is 2.76. The van der Waals surface area contributed by atoms with Gasteiger partial charge in [0.05, 0.1) is 12.0 Å². The van der Waals surface area contributed by atoms with Crippen molar-refractivity contribution in [3.8, 4) is 0 Å². The topological polar surface area (TPSA) is 69.7 Å². The van der Waals surface area contributed by atoms with Crippen molar-refractivity contribution < 1.29 is 14.4 Å². The number of rotatable bonds is 5. The van der Waals surface area contributed by atoms with E-state index in [9.17, 15) is 14.4 Å². The van der Waals surface area contributed by atoms with Gasteiger partial charge in [0.15, 0.2) is 0 Å². The summed E-state index contributed by atoms with van der Waals surface area (Å²) in [5.74, 6) is 0.367. The minimum absolute atomic E-state index is 0.0158. The number of carbonyl (C=O) groups excluding carboxylic acids is 3. The second kappa shape index (κ2) is 9.89. The lowest BCUT2D eigenvalue weighted by atomic mass is 9.72. The summed E-state index contributed by atoms with van der Waals surface area (Å²) in [6.45, 7) is 5.48. The maximum absolute atomic E-state index is 13.9. The lowest BCUT2D eigenvalue weighted by Gasteiger charge is -2.42. The van der Waals surface area contributed by atoms with Gasteiger partial charge in [0.25, 0.3) is 0 Å². The van der Waals surface area contributed by atoms with Crippen molar-refractivity contribution in [3.63, 3.8) is 0 Å². The molecule has 190 valence electrons. The third kappa shape index (κ3) is 5.01. The van der Waals surface area contributed by atoms with Crippen molar-refractivity contribution in [2.75, 3.05) is 19.6 Å². The van der Waals surface area contributed by atoms with Crippen molar-refractivity contribution in [2.24, 2.45) is 11.3 Å². The van der Waals surface area contributed by atoms with Gasteiger partial charge in [-0.05, 0) is 74.3 Å².